The molecule has 3 rings (SSSR count). The smallest absolute Gasteiger partial charge is 0.153 e. The third kappa shape index (κ3) is 3.66. The molecule has 2 heteroatoms. The molecule has 0 saturated heterocycles. The molecule has 2 aromatic rings. The number of benzene rings is 2. The molecule has 2 nitrogen and oxygen atoms in total. The van der Waals surface area contributed by atoms with Crippen LogP contribution in [-0.4, -0.2) is 6.67 Å². The Balaban J connectivity index is 2.05. The molecule has 2 aromatic carbocycles. The number of hydrogen-bond acceptors (Lipinski definition) is 1. The summed E-state index contributed by atoms with van der Waals surface area (Å²) in [5, 5.41) is 6.19. The molecule has 1 heterocycles. The number of quaternary nitrogens is 1. The second-order valence-corrected chi connectivity index (χ2v) is 8.59. The topological polar surface area (TPSA) is 28.6 Å². The van der Waals surface area contributed by atoms with Crippen LogP contribution in [0.2, 0.25) is 0 Å². The highest BCUT2D eigenvalue weighted by Gasteiger charge is 2.24. The summed E-state index contributed by atoms with van der Waals surface area (Å²) >= 11 is 0. The van der Waals surface area contributed by atoms with Crippen LogP contribution in [0.5, 0.6) is 0 Å². The Morgan fingerprint density at radius 3 is 2.08 bits per heavy atom. The van der Waals surface area contributed by atoms with Crippen LogP contribution in [-0.2, 0) is 0 Å². The fourth-order valence-corrected chi connectivity index (χ4v) is 4.49. The van der Waals surface area contributed by atoms with Gasteiger partial charge >= 0.3 is 0 Å². The zero-order valence-corrected chi connectivity index (χ0v) is 17.3. The van der Waals surface area contributed by atoms with Gasteiger partial charge in [-0.05, 0) is 41.2 Å². The molecule has 1 aliphatic rings. The predicted molar refractivity (Wildman–Crippen MR) is 113 cm³/mol. The van der Waals surface area contributed by atoms with E-state index in [9.17, 15) is 0 Å². The molecule has 1 aliphatic heterocycles. The third-order valence-electron chi connectivity index (χ3n) is 5.90. The number of rotatable bonds is 2. The molecule has 0 spiro atoms. The van der Waals surface area contributed by atoms with E-state index in [-0.39, 0.29) is 0 Å². The molecule has 0 amide bonds. The molecule has 3 N–H and O–H groups in total. The van der Waals surface area contributed by atoms with Gasteiger partial charge in [0.25, 0.3) is 0 Å². The number of para-hydroxylation sites is 2. The second-order valence-electron chi connectivity index (χ2n) is 8.59. The van der Waals surface area contributed by atoms with Crippen LogP contribution in [0.25, 0.3) is 0 Å². The fourth-order valence-electron chi connectivity index (χ4n) is 4.49. The summed E-state index contributed by atoms with van der Waals surface area (Å²) < 4.78 is 0. The quantitative estimate of drug-likeness (QED) is 0.657. The van der Waals surface area contributed by atoms with Crippen LogP contribution in [0.3, 0.4) is 0 Å². The van der Waals surface area contributed by atoms with Gasteiger partial charge in [-0.3, -0.25) is 5.32 Å². The lowest BCUT2D eigenvalue weighted by molar-refractivity contribution is -0.566. The van der Waals surface area contributed by atoms with Crippen molar-refractivity contribution >= 4 is 11.4 Å². The van der Waals surface area contributed by atoms with Gasteiger partial charge in [0.1, 0.15) is 5.69 Å². The zero-order valence-electron chi connectivity index (χ0n) is 17.3. The molecule has 0 bridgehead atoms. The molecule has 0 radical (unpaired) electrons. The molecule has 26 heavy (non-hydrogen) atoms. The van der Waals surface area contributed by atoms with E-state index >= 15 is 0 Å². The molecule has 2 unspecified atom stereocenters. The van der Waals surface area contributed by atoms with Gasteiger partial charge in [0.2, 0.25) is 0 Å². The van der Waals surface area contributed by atoms with Crippen molar-refractivity contribution < 1.29 is 5.32 Å². The van der Waals surface area contributed by atoms with Crippen LogP contribution in [0.15, 0.2) is 36.4 Å². The number of anilines is 1. The van der Waals surface area contributed by atoms with Gasteiger partial charge in [-0.15, -0.1) is 0 Å². The summed E-state index contributed by atoms with van der Waals surface area (Å²) in [5.41, 5.74) is 8.72. The summed E-state index contributed by atoms with van der Waals surface area (Å²) in [4.78, 5) is 0. The first kappa shape index (κ1) is 19.0. The minimum atomic E-state index is 0.531. The van der Waals surface area contributed by atoms with Gasteiger partial charge in [0, 0.05) is 16.8 Å². The molecule has 140 valence electrons. The Morgan fingerprint density at radius 1 is 0.846 bits per heavy atom. The number of fused-ring (bicyclic) bond motifs is 2. The maximum Gasteiger partial charge on any atom is 0.153 e. The summed E-state index contributed by atoms with van der Waals surface area (Å²) in [5.74, 6) is 2.18. The van der Waals surface area contributed by atoms with Crippen molar-refractivity contribution in [2.24, 2.45) is 0 Å². The van der Waals surface area contributed by atoms with E-state index in [1.54, 1.807) is 0 Å². The van der Waals surface area contributed by atoms with Crippen LogP contribution < -0.4 is 10.6 Å². The van der Waals surface area contributed by atoms with Crippen molar-refractivity contribution in [2.45, 2.75) is 71.6 Å². The maximum atomic E-state index is 3.78. The summed E-state index contributed by atoms with van der Waals surface area (Å²) in [7, 11) is 0. The highest BCUT2D eigenvalue weighted by molar-refractivity contribution is 5.60. The Hall–Kier alpha value is -1.80. The molecule has 0 aliphatic carbocycles. The van der Waals surface area contributed by atoms with E-state index in [1.807, 2.05) is 0 Å². The molecular weight excluding hydrogens is 316 g/mol. The van der Waals surface area contributed by atoms with Crippen molar-refractivity contribution in [3.05, 3.63) is 58.7 Å². The van der Waals surface area contributed by atoms with Crippen molar-refractivity contribution in [1.82, 2.24) is 0 Å². The van der Waals surface area contributed by atoms with Crippen molar-refractivity contribution in [2.75, 3.05) is 12.0 Å². The largest absolute Gasteiger partial charge is 0.338 e. The fraction of sp³-hybridized carbons (Fsp3) is 0.500. The van der Waals surface area contributed by atoms with Crippen LogP contribution in [0, 0.1) is 0 Å². The monoisotopic (exact) mass is 351 g/mol. The van der Waals surface area contributed by atoms with Crippen molar-refractivity contribution in [3.63, 3.8) is 0 Å². The van der Waals surface area contributed by atoms with Gasteiger partial charge in [-0.25, -0.2) is 0 Å². The maximum absolute atomic E-state index is 3.78. The summed E-state index contributed by atoms with van der Waals surface area (Å²) in [6.07, 6.45) is 1.18. The SMILES string of the molecule is CC(C)c1cccc2c1NC[NH2+]c1c(C(C)C)cccc1C(C)CC2C. The molecule has 0 aromatic heterocycles. The number of hydrogen-bond donors (Lipinski definition) is 2. The van der Waals surface area contributed by atoms with E-state index in [2.05, 4.69) is 88.6 Å². The van der Waals surface area contributed by atoms with Gasteiger partial charge in [-0.1, -0.05) is 77.9 Å². The second kappa shape index (κ2) is 7.84. The first-order valence-electron chi connectivity index (χ1n) is 10.2. The lowest BCUT2D eigenvalue weighted by atomic mass is 9.82. The van der Waals surface area contributed by atoms with E-state index in [4.69, 9.17) is 0 Å². The molecule has 0 fully saturated rings. The Morgan fingerprint density at radius 2 is 1.42 bits per heavy atom. The lowest BCUT2D eigenvalue weighted by Crippen LogP contribution is -2.81. The van der Waals surface area contributed by atoms with E-state index < -0.39 is 0 Å². The van der Waals surface area contributed by atoms with Crippen LogP contribution >= 0.6 is 0 Å². The molecular formula is C24H35N2+. The van der Waals surface area contributed by atoms with Gasteiger partial charge < -0.3 is 5.32 Å². The van der Waals surface area contributed by atoms with Crippen molar-refractivity contribution in [1.29, 1.82) is 0 Å². The van der Waals surface area contributed by atoms with E-state index in [0.29, 0.717) is 23.7 Å². The van der Waals surface area contributed by atoms with Gasteiger partial charge in [0.15, 0.2) is 6.67 Å². The van der Waals surface area contributed by atoms with Gasteiger partial charge in [-0.2, -0.15) is 0 Å². The highest BCUT2D eigenvalue weighted by atomic mass is 15.1. The molecule has 0 saturated carbocycles. The third-order valence-corrected chi connectivity index (χ3v) is 5.90. The van der Waals surface area contributed by atoms with Crippen LogP contribution in [0.4, 0.5) is 11.4 Å². The Kier molecular flexibility index (Phi) is 5.72. The first-order valence-corrected chi connectivity index (χ1v) is 10.2. The summed E-state index contributed by atoms with van der Waals surface area (Å²) in [6, 6.07) is 13.7. The standard InChI is InChI=1S/C24H34N2/c1-15(2)19-9-7-11-21-17(5)13-18(6)22-12-8-10-20(16(3)4)24(22)26-14-25-23(19)21/h7-12,15-18,25-26H,13-14H2,1-6H3/p+1. The molecule has 2 atom stereocenters. The lowest BCUT2D eigenvalue weighted by Gasteiger charge is -2.27. The van der Waals surface area contributed by atoms with Crippen LogP contribution in [0.1, 0.15) is 93.9 Å². The average Bonchev–Trinajstić information content (AvgIpc) is 2.60. The number of nitrogens with two attached hydrogens (primary N) is 1. The zero-order chi connectivity index (χ0) is 18.8. The van der Waals surface area contributed by atoms with Crippen molar-refractivity contribution in [3.8, 4) is 0 Å². The first-order chi connectivity index (χ1) is 12.4. The average molecular weight is 352 g/mol. The predicted octanol–water partition coefficient (Wildman–Crippen LogP) is 5.81. The normalized spacial score (nSPS) is 20.5. The van der Waals surface area contributed by atoms with E-state index in [1.165, 1.54) is 40.0 Å². The Labute approximate surface area is 159 Å². The Bertz CT molecular complexity index is 697. The summed E-state index contributed by atoms with van der Waals surface area (Å²) in [6.45, 7) is 14.8. The minimum absolute atomic E-state index is 0.531. The minimum Gasteiger partial charge on any atom is -0.338 e. The number of nitrogens with one attached hydrogen (secondary N) is 1. The van der Waals surface area contributed by atoms with Gasteiger partial charge in [0.05, 0.1) is 0 Å². The van der Waals surface area contributed by atoms with E-state index in [0.717, 1.165) is 6.67 Å². The highest BCUT2D eigenvalue weighted by Crippen LogP contribution is 2.39.